The van der Waals surface area contributed by atoms with Crippen molar-refractivity contribution in [2.45, 2.75) is 70.7 Å². The van der Waals surface area contributed by atoms with Gasteiger partial charge in [-0.1, -0.05) is 17.7 Å². The number of nitrogens with one attached hydrogen (secondary N) is 1. The van der Waals surface area contributed by atoms with E-state index in [-0.39, 0.29) is 38.6 Å². The number of thiophene rings is 1. The van der Waals surface area contributed by atoms with Crippen LogP contribution < -0.4 is 14.6 Å². The van der Waals surface area contributed by atoms with Gasteiger partial charge in [0, 0.05) is 36.3 Å². The molecule has 5 rings (SSSR count). The van der Waals surface area contributed by atoms with E-state index in [9.17, 15) is 18.4 Å². The number of pyridine rings is 1. The van der Waals surface area contributed by atoms with E-state index in [1.54, 1.807) is 12.0 Å². The number of alkyl carbamates (subject to hydrolysis) is 1. The van der Waals surface area contributed by atoms with Gasteiger partial charge < -0.3 is 19.7 Å². The van der Waals surface area contributed by atoms with E-state index in [0.29, 0.717) is 31.4 Å². The van der Waals surface area contributed by atoms with E-state index in [1.165, 1.54) is 0 Å². The molecule has 0 spiro atoms. The molecule has 238 valence electrons. The van der Waals surface area contributed by atoms with Crippen molar-refractivity contribution in [1.82, 2.24) is 10.2 Å². The summed E-state index contributed by atoms with van der Waals surface area (Å²) in [4.78, 5) is 28.6. The first-order valence-corrected chi connectivity index (χ1v) is 16.0. The number of aryl methyl sites for hydroxylation is 1. The average Bonchev–Trinajstić information content (AvgIpc) is 3.35. The number of fused-ring (bicyclic) bond motifs is 1. The van der Waals surface area contributed by atoms with E-state index in [1.807, 2.05) is 75.1 Å². The quantitative estimate of drug-likeness (QED) is 0.206. The maximum atomic E-state index is 14.8. The molecular formula is C34H37ClF2N3O4S+. The van der Waals surface area contributed by atoms with Crippen molar-refractivity contribution in [2.24, 2.45) is 7.05 Å². The van der Waals surface area contributed by atoms with Gasteiger partial charge in [0.15, 0.2) is 12.4 Å². The Bertz CT molecular complexity index is 1710. The maximum absolute atomic E-state index is 14.8. The third kappa shape index (κ3) is 7.39. The fourth-order valence-electron chi connectivity index (χ4n) is 5.70. The Kier molecular flexibility index (Phi) is 9.65. The van der Waals surface area contributed by atoms with Crippen LogP contribution in [0, 0.1) is 11.6 Å². The van der Waals surface area contributed by atoms with Crippen molar-refractivity contribution >= 4 is 45.0 Å². The van der Waals surface area contributed by atoms with Crippen molar-refractivity contribution in [2.75, 3.05) is 7.11 Å². The number of aromatic nitrogens is 1. The molecule has 1 aliphatic rings. The van der Waals surface area contributed by atoms with E-state index < -0.39 is 29.2 Å². The van der Waals surface area contributed by atoms with Gasteiger partial charge in [-0.05, 0) is 81.8 Å². The van der Waals surface area contributed by atoms with Crippen molar-refractivity contribution in [3.63, 3.8) is 0 Å². The van der Waals surface area contributed by atoms with E-state index in [2.05, 4.69) is 5.32 Å². The second-order valence-electron chi connectivity index (χ2n) is 12.3. The number of amides is 2. The van der Waals surface area contributed by atoms with Crippen LogP contribution in [0.1, 0.15) is 61.7 Å². The van der Waals surface area contributed by atoms with Crippen LogP contribution in [0.5, 0.6) is 5.75 Å². The van der Waals surface area contributed by atoms with E-state index in [0.717, 1.165) is 40.2 Å². The Balaban J connectivity index is 1.48. The normalized spacial score (nSPS) is 16.8. The summed E-state index contributed by atoms with van der Waals surface area (Å²) in [6.07, 6.45) is 5.87. The smallest absolute Gasteiger partial charge is 0.407 e. The van der Waals surface area contributed by atoms with Gasteiger partial charge in [-0.15, -0.1) is 11.3 Å². The highest BCUT2D eigenvalue weighted by molar-refractivity contribution is 7.21. The number of nitrogens with zero attached hydrogens (tertiary/aromatic N) is 2. The van der Waals surface area contributed by atoms with Crippen molar-refractivity contribution in [3.8, 4) is 16.9 Å². The molecule has 1 N–H and O–H groups in total. The van der Waals surface area contributed by atoms with Crippen LogP contribution in [-0.2, 0) is 18.3 Å². The lowest BCUT2D eigenvalue weighted by molar-refractivity contribution is -0.671. The molecule has 0 atom stereocenters. The molecule has 0 saturated heterocycles. The number of hydrogen-bond donors (Lipinski definition) is 1. The summed E-state index contributed by atoms with van der Waals surface area (Å²) in [6.45, 7) is 5.61. The van der Waals surface area contributed by atoms with Gasteiger partial charge in [-0.25, -0.2) is 18.1 Å². The molecule has 2 heterocycles. The number of carbonyl (C=O) groups is 2. The first kappa shape index (κ1) is 32.6. The highest BCUT2D eigenvalue weighted by Crippen LogP contribution is 2.40. The molecule has 2 aromatic carbocycles. The fourth-order valence-corrected chi connectivity index (χ4v) is 7.20. The lowest BCUT2D eigenvalue weighted by atomic mass is 9.89. The molecule has 11 heteroatoms. The topological polar surface area (TPSA) is 71.8 Å². The Morgan fingerprint density at radius 3 is 2.31 bits per heavy atom. The average molecular weight is 657 g/mol. The standard InChI is InChI=1S/C34H36ClF2N3O4S/c1-34(2,3)44-33(42)38-23-7-9-24(10-8-23)40(32(41)31-29(35)28-25(36)11-12-26(37)30(28)45-31)19-22-18-21(6-13-27(22)43-5)20-14-16-39(4)17-15-20/h6,11-18,23-24H,7-10,19H2,1-5H3/p+1. The molecule has 1 fully saturated rings. The van der Waals surface area contributed by atoms with Gasteiger partial charge in [-0.3, -0.25) is 4.79 Å². The Labute approximate surface area is 270 Å². The Morgan fingerprint density at radius 2 is 1.69 bits per heavy atom. The molecule has 45 heavy (non-hydrogen) atoms. The lowest BCUT2D eigenvalue weighted by Crippen LogP contribution is -2.46. The van der Waals surface area contributed by atoms with Crippen LogP contribution in [0.25, 0.3) is 21.2 Å². The molecule has 4 aromatic rings. The highest BCUT2D eigenvalue weighted by Gasteiger charge is 2.34. The summed E-state index contributed by atoms with van der Waals surface area (Å²) in [5, 5.41) is 2.76. The first-order chi connectivity index (χ1) is 21.3. The molecule has 7 nitrogen and oxygen atoms in total. The molecular weight excluding hydrogens is 620 g/mol. The lowest BCUT2D eigenvalue weighted by Gasteiger charge is -2.37. The summed E-state index contributed by atoms with van der Waals surface area (Å²) in [7, 11) is 3.52. The van der Waals surface area contributed by atoms with Crippen LogP contribution in [0.3, 0.4) is 0 Å². The third-order valence-electron chi connectivity index (χ3n) is 7.93. The molecule has 0 radical (unpaired) electrons. The van der Waals surface area contributed by atoms with Gasteiger partial charge in [0.2, 0.25) is 0 Å². The molecule has 0 aliphatic heterocycles. The van der Waals surface area contributed by atoms with Gasteiger partial charge >= 0.3 is 6.09 Å². The molecule has 1 saturated carbocycles. The van der Waals surface area contributed by atoms with Crippen molar-refractivity contribution < 1.29 is 32.4 Å². The number of rotatable bonds is 7. The summed E-state index contributed by atoms with van der Waals surface area (Å²) in [5.41, 5.74) is 2.12. The van der Waals surface area contributed by atoms with Crippen LogP contribution in [0.15, 0.2) is 54.9 Å². The maximum Gasteiger partial charge on any atom is 0.407 e. The minimum atomic E-state index is -0.683. The molecule has 2 aromatic heterocycles. The zero-order valence-corrected chi connectivity index (χ0v) is 27.5. The van der Waals surface area contributed by atoms with Crippen LogP contribution in [0.2, 0.25) is 5.02 Å². The number of halogens is 3. The molecule has 0 unspecified atom stereocenters. The third-order valence-corrected chi connectivity index (χ3v) is 9.60. The predicted molar refractivity (Wildman–Crippen MR) is 172 cm³/mol. The van der Waals surface area contributed by atoms with Crippen LogP contribution in [-0.4, -0.2) is 41.7 Å². The van der Waals surface area contributed by atoms with E-state index >= 15 is 0 Å². The molecule has 0 bridgehead atoms. The predicted octanol–water partition coefficient (Wildman–Crippen LogP) is 7.81. The first-order valence-electron chi connectivity index (χ1n) is 14.8. The number of carbonyl (C=O) groups excluding carboxylic acids is 2. The zero-order valence-electron chi connectivity index (χ0n) is 26.0. The van der Waals surface area contributed by atoms with Crippen molar-refractivity contribution in [3.05, 3.63) is 82.0 Å². The second kappa shape index (κ2) is 13.3. The van der Waals surface area contributed by atoms with Gasteiger partial charge in [-0.2, -0.15) is 0 Å². The SMILES string of the molecule is COc1ccc(-c2cc[n+](C)cc2)cc1CN(C(=O)c1sc2c(F)ccc(F)c2c1Cl)C1CCC(NC(=O)OC(C)(C)C)CC1. The number of benzene rings is 2. The van der Waals surface area contributed by atoms with Gasteiger partial charge in [0.05, 0.1) is 22.2 Å². The zero-order chi connectivity index (χ0) is 32.5. The fraction of sp³-hybridized carbons (Fsp3) is 0.382. The second-order valence-corrected chi connectivity index (χ2v) is 13.7. The van der Waals surface area contributed by atoms with Gasteiger partial charge in [0.25, 0.3) is 5.91 Å². The Hall–Kier alpha value is -3.76. The van der Waals surface area contributed by atoms with Crippen molar-refractivity contribution in [1.29, 1.82) is 0 Å². The van der Waals surface area contributed by atoms with Crippen LogP contribution >= 0.6 is 22.9 Å². The Morgan fingerprint density at radius 1 is 1.02 bits per heavy atom. The summed E-state index contributed by atoms with van der Waals surface area (Å²) in [6, 6.07) is 11.6. The van der Waals surface area contributed by atoms with Crippen LogP contribution in [0.4, 0.5) is 13.6 Å². The molecule has 2 amide bonds. The summed E-state index contributed by atoms with van der Waals surface area (Å²) >= 11 is 7.45. The number of hydrogen-bond acceptors (Lipinski definition) is 5. The minimum Gasteiger partial charge on any atom is -0.496 e. The summed E-state index contributed by atoms with van der Waals surface area (Å²) < 4.78 is 42.5. The molecule has 1 aliphatic carbocycles. The largest absolute Gasteiger partial charge is 0.496 e. The monoisotopic (exact) mass is 656 g/mol. The summed E-state index contributed by atoms with van der Waals surface area (Å²) in [5.74, 6) is -1.12. The number of ether oxygens (including phenoxy) is 2. The minimum absolute atomic E-state index is 0.00499. The van der Waals surface area contributed by atoms with E-state index in [4.69, 9.17) is 21.1 Å². The van der Waals surface area contributed by atoms with Gasteiger partial charge in [0.1, 0.15) is 34.9 Å². The highest BCUT2D eigenvalue weighted by atomic mass is 35.5. The number of methoxy groups -OCH3 is 1.